The third kappa shape index (κ3) is 2.54. The molecule has 17 heavy (non-hydrogen) atoms. The summed E-state index contributed by atoms with van der Waals surface area (Å²) in [5, 5.41) is 10.6. The van der Waals surface area contributed by atoms with Crippen LogP contribution in [-0.2, 0) is 6.54 Å². The summed E-state index contributed by atoms with van der Waals surface area (Å²) < 4.78 is 2.06. The van der Waals surface area contributed by atoms with Gasteiger partial charge in [0.1, 0.15) is 0 Å². The normalized spacial score (nSPS) is 27.0. The Balaban J connectivity index is 2.15. The summed E-state index contributed by atoms with van der Waals surface area (Å²) >= 11 is 0. The van der Waals surface area contributed by atoms with E-state index in [-0.39, 0.29) is 6.10 Å². The van der Waals surface area contributed by atoms with Gasteiger partial charge in [0.15, 0.2) is 0 Å². The molecular formula is C14H24N2O. The maximum Gasteiger partial charge on any atom is 0.0986 e. The average Bonchev–Trinajstić information content (AvgIpc) is 2.86. The Bertz CT molecular complexity index is 348. The molecule has 2 rings (SSSR count). The first kappa shape index (κ1) is 12.6. The van der Waals surface area contributed by atoms with Gasteiger partial charge >= 0.3 is 0 Å². The quantitative estimate of drug-likeness (QED) is 0.872. The zero-order chi connectivity index (χ0) is 12.3. The summed E-state index contributed by atoms with van der Waals surface area (Å²) in [6.07, 6.45) is 9.53. The van der Waals surface area contributed by atoms with E-state index in [1.54, 1.807) is 0 Å². The molecule has 0 aliphatic heterocycles. The summed E-state index contributed by atoms with van der Waals surface area (Å²) in [7, 11) is 0. The van der Waals surface area contributed by atoms with Crippen LogP contribution in [0.5, 0.6) is 0 Å². The van der Waals surface area contributed by atoms with Gasteiger partial charge in [-0.15, -0.1) is 0 Å². The van der Waals surface area contributed by atoms with E-state index in [4.69, 9.17) is 0 Å². The van der Waals surface area contributed by atoms with E-state index in [1.807, 2.05) is 12.5 Å². The van der Waals surface area contributed by atoms with Crippen molar-refractivity contribution in [3.8, 4) is 0 Å². The first-order chi connectivity index (χ1) is 8.27. The average molecular weight is 236 g/mol. The van der Waals surface area contributed by atoms with E-state index in [0.29, 0.717) is 11.8 Å². The molecule has 1 fully saturated rings. The van der Waals surface area contributed by atoms with Crippen LogP contribution in [0.15, 0.2) is 12.5 Å². The molecule has 3 heteroatoms. The van der Waals surface area contributed by atoms with Crippen LogP contribution in [0.2, 0.25) is 0 Å². The number of aliphatic hydroxyl groups is 1. The van der Waals surface area contributed by atoms with Crippen LogP contribution in [0.3, 0.4) is 0 Å². The van der Waals surface area contributed by atoms with E-state index in [0.717, 1.165) is 18.7 Å². The molecule has 0 saturated heterocycles. The number of aliphatic hydroxyl groups excluding tert-OH is 1. The van der Waals surface area contributed by atoms with Crippen molar-refractivity contribution in [2.75, 3.05) is 0 Å². The molecule has 0 radical (unpaired) electrons. The third-order valence-corrected chi connectivity index (χ3v) is 4.29. The highest BCUT2D eigenvalue weighted by molar-refractivity contribution is 5.05. The SMILES string of the molecule is CCC1CCCCC1C(O)c1cncn1CC. The highest BCUT2D eigenvalue weighted by Gasteiger charge is 2.31. The number of aryl methyl sites for hydroxylation is 1. The van der Waals surface area contributed by atoms with Crippen molar-refractivity contribution in [1.82, 2.24) is 9.55 Å². The van der Waals surface area contributed by atoms with Crippen molar-refractivity contribution in [3.63, 3.8) is 0 Å². The molecule has 0 bridgehead atoms. The molecule has 96 valence electrons. The number of rotatable bonds is 4. The largest absolute Gasteiger partial charge is 0.387 e. The van der Waals surface area contributed by atoms with Crippen LogP contribution in [0.1, 0.15) is 57.7 Å². The van der Waals surface area contributed by atoms with Crippen LogP contribution in [0.25, 0.3) is 0 Å². The Kier molecular flexibility index (Phi) is 4.21. The van der Waals surface area contributed by atoms with Crippen molar-refractivity contribution >= 4 is 0 Å². The van der Waals surface area contributed by atoms with Crippen LogP contribution < -0.4 is 0 Å². The summed E-state index contributed by atoms with van der Waals surface area (Å²) in [5.41, 5.74) is 0.998. The van der Waals surface area contributed by atoms with E-state index in [2.05, 4.69) is 23.4 Å². The number of hydrogen-bond donors (Lipinski definition) is 1. The van der Waals surface area contributed by atoms with Gasteiger partial charge in [0, 0.05) is 6.54 Å². The first-order valence-electron chi connectivity index (χ1n) is 6.96. The lowest BCUT2D eigenvalue weighted by molar-refractivity contribution is 0.0397. The molecule has 1 heterocycles. The fraction of sp³-hybridized carbons (Fsp3) is 0.786. The minimum absolute atomic E-state index is 0.331. The fourth-order valence-corrected chi connectivity index (χ4v) is 3.22. The zero-order valence-electron chi connectivity index (χ0n) is 11.0. The van der Waals surface area contributed by atoms with Gasteiger partial charge in [-0.25, -0.2) is 4.98 Å². The summed E-state index contributed by atoms with van der Waals surface area (Å²) in [5.74, 6) is 1.11. The number of imidazole rings is 1. The second-order valence-electron chi connectivity index (χ2n) is 5.17. The Morgan fingerprint density at radius 2 is 2.18 bits per heavy atom. The molecule has 3 unspecified atom stereocenters. The molecule has 1 aromatic heterocycles. The molecule has 0 aromatic carbocycles. The van der Waals surface area contributed by atoms with Gasteiger partial charge in [0.05, 0.1) is 24.3 Å². The Morgan fingerprint density at radius 3 is 2.88 bits per heavy atom. The summed E-state index contributed by atoms with van der Waals surface area (Å²) in [4.78, 5) is 4.16. The van der Waals surface area contributed by atoms with Crippen LogP contribution in [0, 0.1) is 11.8 Å². The standard InChI is InChI=1S/C14H24N2O/c1-3-11-7-5-6-8-12(11)14(17)13-9-15-10-16(13)4-2/h9-12,14,17H,3-8H2,1-2H3. The van der Waals surface area contributed by atoms with Crippen molar-refractivity contribution in [1.29, 1.82) is 0 Å². The molecule has 0 spiro atoms. The minimum atomic E-state index is -0.331. The van der Waals surface area contributed by atoms with Crippen molar-refractivity contribution in [3.05, 3.63) is 18.2 Å². The van der Waals surface area contributed by atoms with Gasteiger partial charge in [-0.2, -0.15) is 0 Å². The maximum absolute atomic E-state index is 10.6. The Labute approximate surface area is 104 Å². The zero-order valence-corrected chi connectivity index (χ0v) is 11.0. The highest BCUT2D eigenvalue weighted by atomic mass is 16.3. The summed E-state index contributed by atoms with van der Waals surface area (Å²) in [6.45, 7) is 5.22. The van der Waals surface area contributed by atoms with Gasteiger partial charge in [-0.1, -0.05) is 32.6 Å². The van der Waals surface area contributed by atoms with Crippen LogP contribution in [-0.4, -0.2) is 14.7 Å². The molecule has 3 atom stereocenters. The lowest BCUT2D eigenvalue weighted by Crippen LogP contribution is -2.26. The van der Waals surface area contributed by atoms with Crippen LogP contribution in [0.4, 0.5) is 0 Å². The molecular weight excluding hydrogens is 212 g/mol. The predicted octanol–water partition coefficient (Wildman–Crippen LogP) is 3.15. The first-order valence-corrected chi connectivity index (χ1v) is 6.96. The highest BCUT2D eigenvalue weighted by Crippen LogP contribution is 2.40. The van der Waals surface area contributed by atoms with E-state index >= 15 is 0 Å². The molecule has 3 nitrogen and oxygen atoms in total. The number of hydrogen-bond acceptors (Lipinski definition) is 2. The molecule has 0 amide bonds. The lowest BCUT2D eigenvalue weighted by Gasteiger charge is -2.34. The van der Waals surface area contributed by atoms with Gasteiger partial charge in [0.25, 0.3) is 0 Å². The molecule has 1 aliphatic carbocycles. The minimum Gasteiger partial charge on any atom is -0.387 e. The van der Waals surface area contributed by atoms with Crippen molar-refractivity contribution in [2.45, 2.75) is 58.6 Å². The second kappa shape index (κ2) is 5.67. The third-order valence-electron chi connectivity index (χ3n) is 4.29. The van der Waals surface area contributed by atoms with Crippen molar-refractivity contribution in [2.24, 2.45) is 11.8 Å². The Morgan fingerprint density at radius 1 is 1.41 bits per heavy atom. The van der Waals surface area contributed by atoms with E-state index < -0.39 is 0 Å². The summed E-state index contributed by atoms with van der Waals surface area (Å²) in [6, 6.07) is 0. The van der Waals surface area contributed by atoms with Gasteiger partial charge < -0.3 is 9.67 Å². The van der Waals surface area contributed by atoms with Gasteiger partial charge in [-0.3, -0.25) is 0 Å². The van der Waals surface area contributed by atoms with Crippen LogP contribution >= 0.6 is 0 Å². The molecule has 1 aliphatic rings. The fourth-order valence-electron chi connectivity index (χ4n) is 3.22. The van der Waals surface area contributed by atoms with Crippen molar-refractivity contribution < 1.29 is 5.11 Å². The Hall–Kier alpha value is -0.830. The topological polar surface area (TPSA) is 38.1 Å². The maximum atomic E-state index is 10.6. The number of aromatic nitrogens is 2. The van der Waals surface area contributed by atoms with E-state index in [9.17, 15) is 5.11 Å². The second-order valence-corrected chi connectivity index (χ2v) is 5.17. The van der Waals surface area contributed by atoms with E-state index in [1.165, 1.54) is 25.7 Å². The monoisotopic (exact) mass is 236 g/mol. The lowest BCUT2D eigenvalue weighted by atomic mass is 9.74. The number of nitrogens with zero attached hydrogens (tertiary/aromatic N) is 2. The molecule has 1 saturated carbocycles. The smallest absolute Gasteiger partial charge is 0.0986 e. The predicted molar refractivity (Wildman–Crippen MR) is 68.6 cm³/mol. The molecule has 1 aromatic rings. The molecule has 1 N–H and O–H groups in total. The van der Waals surface area contributed by atoms with Gasteiger partial charge in [-0.05, 0) is 25.2 Å². The van der Waals surface area contributed by atoms with Gasteiger partial charge in [0.2, 0.25) is 0 Å².